The second-order valence-corrected chi connectivity index (χ2v) is 4.78. The highest BCUT2D eigenvalue weighted by Gasteiger charge is 2.13. The first-order valence-electron chi connectivity index (χ1n) is 6.20. The summed E-state index contributed by atoms with van der Waals surface area (Å²) in [6, 6.07) is 9.21. The van der Waals surface area contributed by atoms with E-state index in [-0.39, 0.29) is 23.2 Å². The topological polar surface area (TPSA) is 55.1 Å². The molecule has 0 aliphatic rings. The highest BCUT2D eigenvalue weighted by atomic mass is 35.5. The molecule has 106 valence electrons. The van der Waals surface area contributed by atoms with E-state index in [0.29, 0.717) is 16.7 Å². The van der Waals surface area contributed by atoms with E-state index in [2.05, 4.69) is 10.3 Å². The van der Waals surface area contributed by atoms with Crippen LogP contribution in [0.15, 0.2) is 47.1 Å². The van der Waals surface area contributed by atoms with Crippen LogP contribution in [0.1, 0.15) is 16.1 Å². The average Bonchev–Trinajstić information content (AvgIpc) is 2.97. The first kappa shape index (κ1) is 13.6. The van der Waals surface area contributed by atoms with Gasteiger partial charge in [-0.15, -0.1) is 0 Å². The molecule has 21 heavy (non-hydrogen) atoms. The second kappa shape index (κ2) is 5.54. The summed E-state index contributed by atoms with van der Waals surface area (Å²) in [5.74, 6) is -0.133. The van der Waals surface area contributed by atoms with Gasteiger partial charge in [-0.3, -0.25) is 4.79 Å². The van der Waals surface area contributed by atoms with Gasteiger partial charge in [0.15, 0.2) is 0 Å². The van der Waals surface area contributed by atoms with Gasteiger partial charge in [-0.05, 0) is 30.3 Å². The molecule has 1 amide bonds. The summed E-state index contributed by atoms with van der Waals surface area (Å²) in [5.41, 5.74) is 0.643. The molecule has 2 heterocycles. The molecular formula is C15H10ClFN2O2. The van der Waals surface area contributed by atoms with Gasteiger partial charge in [0.25, 0.3) is 5.91 Å². The largest absolute Gasteiger partial charge is 0.467 e. The van der Waals surface area contributed by atoms with Crippen molar-refractivity contribution in [1.82, 2.24) is 10.3 Å². The Hall–Kier alpha value is -2.40. The maximum atomic E-state index is 13.1. The molecule has 0 aliphatic heterocycles. The number of aromatic nitrogens is 1. The van der Waals surface area contributed by atoms with Gasteiger partial charge in [-0.25, -0.2) is 9.37 Å². The van der Waals surface area contributed by atoms with Gasteiger partial charge < -0.3 is 9.73 Å². The van der Waals surface area contributed by atoms with E-state index in [1.165, 1.54) is 18.4 Å². The van der Waals surface area contributed by atoms with E-state index in [4.69, 9.17) is 16.0 Å². The van der Waals surface area contributed by atoms with Gasteiger partial charge in [0.1, 0.15) is 16.7 Å². The molecule has 0 fully saturated rings. The number of nitrogens with one attached hydrogen (secondary N) is 1. The smallest absolute Gasteiger partial charge is 0.254 e. The fourth-order valence-electron chi connectivity index (χ4n) is 1.95. The Bertz CT molecular complexity index is 803. The lowest BCUT2D eigenvalue weighted by Gasteiger charge is -2.07. The summed E-state index contributed by atoms with van der Waals surface area (Å²) in [4.78, 5) is 16.2. The molecule has 0 bridgehead atoms. The molecule has 0 saturated carbocycles. The van der Waals surface area contributed by atoms with Crippen molar-refractivity contribution in [2.24, 2.45) is 0 Å². The van der Waals surface area contributed by atoms with E-state index in [1.54, 1.807) is 24.3 Å². The number of amides is 1. The molecule has 0 saturated heterocycles. The SMILES string of the molecule is O=C(NCc1ccco1)c1cc2ccc(F)cc2nc1Cl. The predicted octanol–water partition coefficient (Wildman–Crippen LogP) is 3.55. The minimum absolute atomic E-state index is 0.0324. The van der Waals surface area contributed by atoms with Crippen LogP contribution in [-0.4, -0.2) is 10.9 Å². The Morgan fingerprint density at radius 1 is 1.33 bits per heavy atom. The summed E-state index contributed by atoms with van der Waals surface area (Å²) in [6.45, 7) is 0.254. The Labute approximate surface area is 124 Å². The molecular weight excluding hydrogens is 295 g/mol. The average molecular weight is 305 g/mol. The number of nitrogens with zero attached hydrogens (tertiary/aromatic N) is 1. The molecule has 0 atom stereocenters. The number of carbonyl (C=O) groups is 1. The number of halogens is 2. The molecule has 0 aliphatic carbocycles. The molecule has 3 aromatic rings. The van der Waals surface area contributed by atoms with E-state index >= 15 is 0 Å². The summed E-state index contributed by atoms with van der Waals surface area (Å²) in [5, 5.41) is 3.36. The summed E-state index contributed by atoms with van der Waals surface area (Å²) >= 11 is 5.99. The third-order valence-electron chi connectivity index (χ3n) is 2.98. The monoisotopic (exact) mass is 304 g/mol. The number of benzene rings is 1. The van der Waals surface area contributed by atoms with Crippen molar-refractivity contribution in [2.45, 2.75) is 6.54 Å². The van der Waals surface area contributed by atoms with Crippen LogP contribution in [0.2, 0.25) is 5.15 Å². The zero-order valence-corrected chi connectivity index (χ0v) is 11.5. The third-order valence-corrected chi connectivity index (χ3v) is 3.27. The van der Waals surface area contributed by atoms with E-state index < -0.39 is 5.82 Å². The zero-order valence-electron chi connectivity index (χ0n) is 10.8. The van der Waals surface area contributed by atoms with Gasteiger partial charge in [-0.2, -0.15) is 0 Å². The number of pyridine rings is 1. The number of rotatable bonds is 3. The van der Waals surface area contributed by atoms with Crippen molar-refractivity contribution < 1.29 is 13.6 Å². The summed E-state index contributed by atoms with van der Waals surface area (Å²) in [6.07, 6.45) is 1.53. The molecule has 3 rings (SSSR count). The van der Waals surface area contributed by atoms with Crippen LogP contribution in [0.4, 0.5) is 4.39 Å². The lowest BCUT2D eigenvalue weighted by Crippen LogP contribution is -2.23. The Morgan fingerprint density at radius 2 is 2.19 bits per heavy atom. The van der Waals surface area contributed by atoms with E-state index in [0.717, 1.165) is 0 Å². The Morgan fingerprint density at radius 3 is 2.95 bits per heavy atom. The quantitative estimate of drug-likeness (QED) is 0.753. The maximum absolute atomic E-state index is 13.1. The van der Waals surface area contributed by atoms with Crippen molar-refractivity contribution in [1.29, 1.82) is 0 Å². The van der Waals surface area contributed by atoms with Gasteiger partial charge in [0.2, 0.25) is 0 Å². The van der Waals surface area contributed by atoms with Crippen LogP contribution in [0.25, 0.3) is 10.9 Å². The minimum atomic E-state index is -0.402. The van der Waals surface area contributed by atoms with Crippen molar-refractivity contribution in [2.75, 3.05) is 0 Å². The number of fused-ring (bicyclic) bond motifs is 1. The standard InChI is InChI=1S/C15H10ClFN2O2/c16-14-12(15(20)18-8-11-2-1-5-21-11)6-9-3-4-10(17)7-13(9)19-14/h1-7H,8H2,(H,18,20). The molecule has 4 nitrogen and oxygen atoms in total. The van der Waals surface area contributed by atoms with Crippen molar-refractivity contribution >= 4 is 28.4 Å². The molecule has 2 aromatic heterocycles. The Kier molecular flexibility index (Phi) is 3.58. The Balaban J connectivity index is 1.87. The van der Waals surface area contributed by atoms with Gasteiger partial charge in [-0.1, -0.05) is 11.6 Å². The fourth-order valence-corrected chi connectivity index (χ4v) is 2.18. The predicted molar refractivity (Wildman–Crippen MR) is 76.6 cm³/mol. The first-order valence-corrected chi connectivity index (χ1v) is 6.57. The second-order valence-electron chi connectivity index (χ2n) is 4.43. The van der Waals surface area contributed by atoms with Crippen molar-refractivity contribution in [3.8, 4) is 0 Å². The van der Waals surface area contributed by atoms with Crippen LogP contribution in [0.5, 0.6) is 0 Å². The highest BCUT2D eigenvalue weighted by molar-refractivity contribution is 6.33. The lowest BCUT2D eigenvalue weighted by atomic mass is 10.1. The first-order chi connectivity index (χ1) is 10.1. The summed E-state index contributed by atoms with van der Waals surface area (Å²) in [7, 11) is 0. The number of furan rings is 1. The van der Waals surface area contributed by atoms with Gasteiger partial charge in [0.05, 0.1) is 23.9 Å². The fraction of sp³-hybridized carbons (Fsp3) is 0.0667. The van der Waals surface area contributed by atoms with E-state index in [1.807, 2.05) is 0 Å². The van der Waals surface area contributed by atoms with Crippen LogP contribution in [0, 0.1) is 5.82 Å². The van der Waals surface area contributed by atoms with E-state index in [9.17, 15) is 9.18 Å². The number of hydrogen-bond donors (Lipinski definition) is 1. The molecule has 6 heteroatoms. The maximum Gasteiger partial charge on any atom is 0.254 e. The molecule has 1 aromatic carbocycles. The molecule has 0 spiro atoms. The summed E-state index contributed by atoms with van der Waals surface area (Å²) < 4.78 is 18.3. The van der Waals surface area contributed by atoms with Crippen LogP contribution >= 0.6 is 11.6 Å². The zero-order chi connectivity index (χ0) is 14.8. The normalized spacial score (nSPS) is 10.8. The molecule has 0 radical (unpaired) electrons. The highest BCUT2D eigenvalue weighted by Crippen LogP contribution is 2.21. The minimum Gasteiger partial charge on any atom is -0.467 e. The molecule has 0 unspecified atom stereocenters. The van der Waals surface area contributed by atoms with Crippen LogP contribution in [0.3, 0.4) is 0 Å². The molecule has 1 N–H and O–H groups in total. The van der Waals surface area contributed by atoms with Gasteiger partial charge in [0, 0.05) is 11.5 Å². The van der Waals surface area contributed by atoms with Crippen LogP contribution in [-0.2, 0) is 6.54 Å². The van der Waals surface area contributed by atoms with Gasteiger partial charge >= 0.3 is 0 Å². The third kappa shape index (κ3) is 2.87. The number of carbonyl (C=O) groups excluding carboxylic acids is 1. The van der Waals surface area contributed by atoms with Crippen molar-refractivity contribution in [3.05, 3.63) is 65.0 Å². The van der Waals surface area contributed by atoms with Crippen LogP contribution < -0.4 is 5.32 Å². The lowest BCUT2D eigenvalue weighted by molar-refractivity contribution is 0.0948. The van der Waals surface area contributed by atoms with Crippen molar-refractivity contribution in [3.63, 3.8) is 0 Å². The number of hydrogen-bond acceptors (Lipinski definition) is 3.